The summed E-state index contributed by atoms with van der Waals surface area (Å²) in [5, 5.41) is 13.4. The van der Waals surface area contributed by atoms with Gasteiger partial charge in [-0.25, -0.2) is 13.4 Å². The first-order chi connectivity index (χ1) is 15.7. The fraction of sp³-hybridized carbons (Fsp3) is 0.600. The average molecular weight is 526 g/mol. The third-order valence-electron chi connectivity index (χ3n) is 5.18. The topological polar surface area (TPSA) is 255 Å². The zero-order valence-corrected chi connectivity index (χ0v) is 19.7. The number of phosphoric ester groups is 1. The molecule has 1 aliphatic rings. The summed E-state index contributed by atoms with van der Waals surface area (Å²) in [7, 11) is -7.87. The third-order valence-corrected chi connectivity index (χ3v) is 7.30. The molecule has 2 unspecified atom stereocenters. The maximum Gasteiger partial charge on any atom is 0.478 e. The number of nitrogens with zero attached hydrogens (tertiary/aromatic N) is 3. The SMILES string of the molecule is CNC(=O)CC[C@H]1[C@@H](O)[C@H]([n+]2cn(C)c3c(=O)[nH]c(N)nc32)O[C@@H]1COP(=O)(O)OP(=O)([O-])O. The number of nitrogens with two attached hydrogens (primary N) is 1. The lowest BCUT2D eigenvalue weighted by atomic mass is 9.93. The number of imidazole rings is 1. The Morgan fingerprint density at radius 2 is 2.15 bits per heavy atom. The Morgan fingerprint density at radius 3 is 2.76 bits per heavy atom. The molecular formula is C15H24N6O11P2. The molecule has 3 rings (SSSR count). The molecule has 0 saturated carbocycles. The largest absolute Gasteiger partial charge is 0.756 e. The van der Waals surface area contributed by atoms with Crippen LogP contribution in [0.5, 0.6) is 0 Å². The van der Waals surface area contributed by atoms with Crippen LogP contribution < -0.4 is 26.1 Å². The normalized spacial score (nSPS) is 26.3. The van der Waals surface area contributed by atoms with Gasteiger partial charge >= 0.3 is 13.5 Å². The minimum atomic E-state index is -5.59. The van der Waals surface area contributed by atoms with E-state index in [9.17, 15) is 33.6 Å². The molecule has 6 atom stereocenters. The Bertz CT molecular complexity index is 1230. The van der Waals surface area contributed by atoms with Crippen molar-refractivity contribution in [3.05, 3.63) is 16.7 Å². The van der Waals surface area contributed by atoms with Gasteiger partial charge in [0.2, 0.25) is 17.7 Å². The number of ether oxygens (including phenoxy) is 1. The van der Waals surface area contributed by atoms with Gasteiger partial charge in [-0.1, -0.05) is 4.98 Å². The lowest BCUT2D eigenvalue weighted by Crippen LogP contribution is -2.45. The van der Waals surface area contributed by atoms with Crippen LogP contribution in [0.2, 0.25) is 0 Å². The van der Waals surface area contributed by atoms with Gasteiger partial charge in [0.1, 0.15) is 6.10 Å². The number of amides is 1. The molecule has 0 aromatic carbocycles. The van der Waals surface area contributed by atoms with E-state index in [1.165, 1.54) is 22.5 Å². The number of aliphatic hydroxyl groups excluding tert-OH is 1. The van der Waals surface area contributed by atoms with Crippen LogP contribution >= 0.6 is 15.6 Å². The molecule has 0 bridgehead atoms. The summed E-state index contributed by atoms with van der Waals surface area (Å²) in [6, 6.07) is 0. The maximum atomic E-state index is 12.3. The summed E-state index contributed by atoms with van der Waals surface area (Å²) >= 11 is 0. The predicted molar refractivity (Wildman–Crippen MR) is 109 cm³/mol. The molecule has 0 radical (unpaired) electrons. The number of rotatable bonds is 9. The molecule has 2 aromatic heterocycles. The van der Waals surface area contributed by atoms with Crippen LogP contribution in [0, 0.1) is 5.92 Å². The minimum Gasteiger partial charge on any atom is -0.756 e. The van der Waals surface area contributed by atoms with Crippen molar-refractivity contribution in [2.45, 2.75) is 31.3 Å². The van der Waals surface area contributed by atoms with Crippen molar-refractivity contribution in [3.63, 3.8) is 0 Å². The number of aliphatic hydroxyl groups is 1. The van der Waals surface area contributed by atoms with Crippen molar-refractivity contribution in [1.29, 1.82) is 0 Å². The fourth-order valence-corrected chi connectivity index (χ4v) is 5.31. The van der Waals surface area contributed by atoms with Gasteiger partial charge in [-0.3, -0.25) is 28.2 Å². The first-order valence-electron chi connectivity index (χ1n) is 9.75. The van der Waals surface area contributed by atoms with Crippen LogP contribution in [-0.2, 0) is 34.5 Å². The second-order valence-corrected chi connectivity index (χ2v) is 10.3. The second kappa shape index (κ2) is 9.81. The van der Waals surface area contributed by atoms with Crippen molar-refractivity contribution in [1.82, 2.24) is 19.9 Å². The Balaban J connectivity index is 1.91. The number of anilines is 1. The highest BCUT2D eigenvalue weighted by Crippen LogP contribution is 2.56. The zero-order chi connectivity index (χ0) is 25.4. The summed E-state index contributed by atoms with van der Waals surface area (Å²) in [4.78, 5) is 59.4. The highest BCUT2D eigenvalue weighted by Gasteiger charge is 2.48. The van der Waals surface area contributed by atoms with E-state index in [0.717, 1.165) is 0 Å². The number of carbonyl (C=O) groups is 1. The number of nitrogen functional groups attached to an aromatic ring is 1. The van der Waals surface area contributed by atoms with Gasteiger partial charge in [0.25, 0.3) is 19.3 Å². The molecule has 3 heterocycles. The van der Waals surface area contributed by atoms with Gasteiger partial charge in [-0.15, -0.1) is 0 Å². The molecular weight excluding hydrogens is 502 g/mol. The number of fused-ring (bicyclic) bond motifs is 1. The molecule has 0 aliphatic carbocycles. The average Bonchev–Trinajstić information content (AvgIpc) is 3.19. The second-order valence-electron chi connectivity index (χ2n) is 7.50. The molecule has 0 spiro atoms. The zero-order valence-electron chi connectivity index (χ0n) is 17.9. The Kier molecular flexibility index (Phi) is 7.62. The molecule has 2 aromatic rings. The van der Waals surface area contributed by atoms with E-state index >= 15 is 0 Å². The molecule has 1 saturated heterocycles. The number of nitrogens with one attached hydrogen (secondary N) is 2. The fourth-order valence-electron chi connectivity index (χ4n) is 3.74. The van der Waals surface area contributed by atoms with E-state index in [1.807, 2.05) is 0 Å². The van der Waals surface area contributed by atoms with Crippen LogP contribution in [0.1, 0.15) is 19.1 Å². The van der Waals surface area contributed by atoms with E-state index < -0.39 is 52.2 Å². The maximum absolute atomic E-state index is 12.3. The van der Waals surface area contributed by atoms with Crippen LogP contribution in [0.15, 0.2) is 11.1 Å². The molecule has 34 heavy (non-hydrogen) atoms. The first kappa shape index (κ1) is 26.4. The van der Waals surface area contributed by atoms with Crippen LogP contribution in [0.4, 0.5) is 5.95 Å². The monoisotopic (exact) mass is 526 g/mol. The first-order valence-corrected chi connectivity index (χ1v) is 12.7. The molecule has 1 aliphatic heterocycles. The van der Waals surface area contributed by atoms with E-state index in [0.29, 0.717) is 0 Å². The predicted octanol–water partition coefficient (Wildman–Crippen LogP) is -2.87. The quantitative estimate of drug-likeness (QED) is 0.142. The third kappa shape index (κ3) is 5.89. The van der Waals surface area contributed by atoms with E-state index in [-0.39, 0.29) is 35.9 Å². The van der Waals surface area contributed by atoms with Gasteiger partial charge in [0.15, 0.2) is 6.33 Å². The smallest absolute Gasteiger partial charge is 0.478 e. The summed E-state index contributed by atoms with van der Waals surface area (Å²) in [6.45, 7) is -0.749. The molecule has 190 valence electrons. The van der Waals surface area contributed by atoms with Gasteiger partial charge in [0, 0.05) is 19.4 Å². The Hall–Kier alpha value is -2.20. The summed E-state index contributed by atoms with van der Waals surface area (Å²) in [5.74, 6) is -1.39. The Labute approximate surface area is 191 Å². The number of H-pyrrole nitrogens is 1. The van der Waals surface area contributed by atoms with E-state index in [2.05, 4.69) is 24.1 Å². The van der Waals surface area contributed by atoms with Gasteiger partial charge in [-0.05, 0) is 6.42 Å². The van der Waals surface area contributed by atoms with Gasteiger partial charge in [-0.2, -0.15) is 0 Å². The molecule has 1 amide bonds. The van der Waals surface area contributed by atoms with Crippen LogP contribution in [-0.4, -0.2) is 61.2 Å². The number of aromatic nitrogens is 4. The van der Waals surface area contributed by atoms with Crippen LogP contribution in [0.3, 0.4) is 0 Å². The minimum absolute atomic E-state index is 0.0451. The summed E-state index contributed by atoms with van der Waals surface area (Å²) in [5.41, 5.74) is 5.28. The van der Waals surface area contributed by atoms with Gasteiger partial charge < -0.3 is 35.6 Å². The highest BCUT2D eigenvalue weighted by molar-refractivity contribution is 7.60. The van der Waals surface area contributed by atoms with Crippen molar-refractivity contribution in [2.24, 2.45) is 13.0 Å². The summed E-state index contributed by atoms with van der Waals surface area (Å²) in [6.07, 6.45) is -2.24. The molecule has 17 nitrogen and oxygen atoms in total. The molecule has 7 N–H and O–H groups in total. The standard InChI is InChI=1S/C15H24N6O11P2/c1-17-9(22)4-3-7-8(5-30-34(28,29)32-33(25,26)27)31-14(11(7)23)21-6-20(2)10-12(21)18-15(16)19-13(10)24/h6-8,11,14,23H,3-5H2,1-2H3,(H6-,16,17,18,19,22,24,25,26,27,28,29)/t7-,8-,11-,14-/m1/s1. The number of aromatic amines is 1. The highest BCUT2D eigenvalue weighted by atomic mass is 31.3. The molecule has 19 heteroatoms. The molecule has 1 fully saturated rings. The van der Waals surface area contributed by atoms with Gasteiger partial charge in [0.05, 0.1) is 19.8 Å². The lowest BCUT2D eigenvalue weighted by Gasteiger charge is -2.22. The number of hydrogen-bond acceptors (Lipinski definition) is 11. The van der Waals surface area contributed by atoms with Crippen molar-refractivity contribution in [2.75, 3.05) is 19.4 Å². The van der Waals surface area contributed by atoms with Crippen molar-refractivity contribution < 1.29 is 51.8 Å². The van der Waals surface area contributed by atoms with E-state index in [4.69, 9.17) is 15.4 Å². The number of phosphoric acid groups is 2. The van der Waals surface area contributed by atoms with Crippen molar-refractivity contribution >= 4 is 38.7 Å². The number of aryl methyl sites for hydroxylation is 1. The number of carbonyl (C=O) groups excluding carboxylic acids is 1. The van der Waals surface area contributed by atoms with Crippen molar-refractivity contribution in [3.8, 4) is 0 Å². The summed E-state index contributed by atoms with van der Waals surface area (Å²) < 4.78 is 39.4. The lowest BCUT2D eigenvalue weighted by molar-refractivity contribution is -0.745. The van der Waals surface area contributed by atoms with E-state index in [1.54, 1.807) is 7.05 Å². The number of hydrogen-bond donors (Lipinski definition) is 6. The Morgan fingerprint density at radius 1 is 1.47 bits per heavy atom. The van der Waals surface area contributed by atoms with Crippen LogP contribution in [0.25, 0.3) is 11.2 Å².